The quantitative estimate of drug-likeness (QED) is 0.605. The normalized spacial score (nSPS) is 10.4. The second kappa shape index (κ2) is 4.02. The maximum atomic E-state index is 11.9. The number of aldehydes is 1. The number of hydrogen-bond acceptors (Lipinski definition) is 5. The molecular formula is C11H9NO3S. The monoisotopic (exact) mass is 235 g/mol. The van der Waals surface area contributed by atoms with Crippen molar-refractivity contribution in [1.82, 2.24) is 4.98 Å². The van der Waals surface area contributed by atoms with Crippen molar-refractivity contribution in [2.75, 3.05) is 0 Å². The van der Waals surface area contributed by atoms with Gasteiger partial charge in [0.2, 0.25) is 5.78 Å². The van der Waals surface area contributed by atoms with Crippen molar-refractivity contribution in [3.05, 3.63) is 39.2 Å². The van der Waals surface area contributed by atoms with Crippen molar-refractivity contribution in [1.29, 1.82) is 0 Å². The Morgan fingerprint density at radius 3 is 2.75 bits per heavy atom. The van der Waals surface area contributed by atoms with Gasteiger partial charge in [-0.1, -0.05) is 0 Å². The zero-order valence-electron chi connectivity index (χ0n) is 8.81. The molecule has 0 saturated carbocycles. The Balaban J connectivity index is 2.37. The molecule has 0 aliphatic rings. The van der Waals surface area contributed by atoms with E-state index in [4.69, 9.17) is 4.42 Å². The van der Waals surface area contributed by atoms with E-state index in [0.29, 0.717) is 16.3 Å². The summed E-state index contributed by atoms with van der Waals surface area (Å²) in [6.07, 6.45) is 2.14. The largest absolute Gasteiger partial charge is 0.437 e. The first-order valence-electron chi connectivity index (χ1n) is 4.64. The summed E-state index contributed by atoms with van der Waals surface area (Å²) in [4.78, 5) is 27.7. The van der Waals surface area contributed by atoms with E-state index in [1.54, 1.807) is 19.9 Å². The predicted molar refractivity (Wildman–Crippen MR) is 59.1 cm³/mol. The van der Waals surface area contributed by atoms with E-state index in [0.717, 1.165) is 11.2 Å². The highest BCUT2D eigenvalue weighted by atomic mass is 32.1. The predicted octanol–water partition coefficient (Wildman–Crippen LogP) is 2.40. The van der Waals surface area contributed by atoms with E-state index in [2.05, 4.69) is 4.98 Å². The van der Waals surface area contributed by atoms with Crippen molar-refractivity contribution in [2.24, 2.45) is 0 Å². The maximum absolute atomic E-state index is 11.9. The first-order valence-corrected chi connectivity index (χ1v) is 5.46. The van der Waals surface area contributed by atoms with E-state index in [-0.39, 0.29) is 11.5 Å². The Morgan fingerprint density at radius 1 is 1.50 bits per heavy atom. The van der Waals surface area contributed by atoms with Crippen LogP contribution in [-0.2, 0) is 0 Å². The molecule has 0 atom stereocenters. The topological polar surface area (TPSA) is 60.2 Å². The average molecular weight is 235 g/mol. The number of aryl methyl sites for hydroxylation is 2. The number of carbonyl (C=O) groups is 2. The molecular weight excluding hydrogens is 226 g/mol. The van der Waals surface area contributed by atoms with E-state index in [9.17, 15) is 9.59 Å². The molecule has 0 aliphatic heterocycles. The van der Waals surface area contributed by atoms with E-state index >= 15 is 0 Å². The minimum absolute atomic E-state index is 0.205. The number of ketones is 1. The van der Waals surface area contributed by atoms with E-state index in [1.165, 1.54) is 17.5 Å². The van der Waals surface area contributed by atoms with Crippen LogP contribution in [0.25, 0.3) is 0 Å². The second-order valence-corrected chi connectivity index (χ2v) is 4.57. The highest BCUT2D eigenvalue weighted by Gasteiger charge is 2.17. The van der Waals surface area contributed by atoms with Crippen molar-refractivity contribution in [3.8, 4) is 0 Å². The Bertz CT molecular complexity index is 553. The molecule has 2 rings (SSSR count). The lowest BCUT2D eigenvalue weighted by atomic mass is 10.2. The molecule has 0 aliphatic carbocycles. The number of nitrogens with zero attached hydrogens (tertiary/aromatic N) is 1. The Morgan fingerprint density at radius 2 is 2.25 bits per heavy atom. The average Bonchev–Trinajstić information content (AvgIpc) is 2.83. The minimum Gasteiger partial charge on any atom is -0.437 e. The molecule has 0 fully saturated rings. The summed E-state index contributed by atoms with van der Waals surface area (Å²) in [6, 6.07) is 1.58. The molecule has 0 bridgehead atoms. The van der Waals surface area contributed by atoms with Crippen LogP contribution in [0, 0.1) is 13.8 Å². The molecule has 4 nitrogen and oxygen atoms in total. The fourth-order valence-electron chi connectivity index (χ4n) is 1.31. The zero-order valence-corrected chi connectivity index (χ0v) is 9.63. The van der Waals surface area contributed by atoms with Gasteiger partial charge in [0.15, 0.2) is 17.9 Å². The van der Waals surface area contributed by atoms with Crippen LogP contribution in [0.5, 0.6) is 0 Å². The first-order chi connectivity index (χ1) is 7.61. The summed E-state index contributed by atoms with van der Waals surface area (Å²) >= 11 is 1.28. The molecule has 5 heteroatoms. The highest BCUT2D eigenvalue weighted by molar-refractivity contribution is 7.14. The Labute approximate surface area is 95.9 Å². The number of rotatable bonds is 3. The van der Waals surface area contributed by atoms with Crippen LogP contribution in [0.3, 0.4) is 0 Å². The molecule has 0 aromatic carbocycles. The van der Waals surface area contributed by atoms with Gasteiger partial charge in [-0.15, -0.1) is 11.3 Å². The van der Waals surface area contributed by atoms with Crippen LogP contribution in [0.1, 0.15) is 36.6 Å². The third-order valence-electron chi connectivity index (χ3n) is 2.15. The third kappa shape index (κ3) is 1.81. The molecule has 0 spiro atoms. The lowest BCUT2D eigenvalue weighted by Gasteiger charge is -1.89. The molecule has 0 unspecified atom stereocenters. The van der Waals surface area contributed by atoms with Crippen LogP contribution in [0.15, 0.2) is 16.7 Å². The number of hydrogen-bond donors (Lipinski definition) is 0. The number of oxazole rings is 1. The van der Waals surface area contributed by atoms with Gasteiger partial charge in [-0.25, -0.2) is 4.98 Å². The number of aromatic nitrogens is 1. The molecule has 2 aromatic heterocycles. The van der Waals surface area contributed by atoms with Crippen molar-refractivity contribution >= 4 is 23.4 Å². The summed E-state index contributed by atoms with van der Waals surface area (Å²) in [5.74, 6) is 0.422. The lowest BCUT2D eigenvalue weighted by molar-refractivity contribution is 0.101. The maximum Gasteiger partial charge on any atom is 0.239 e. The number of thiophene rings is 1. The highest BCUT2D eigenvalue weighted by Crippen LogP contribution is 2.23. The van der Waals surface area contributed by atoms with E-state index in [1.807, 2.05) is 0 Å². The SMILES string of the molecule is Cc1ncc(C(=O)c2cc(C=O)c(C)s2)o1. The molecule has 0 N–H and O–H groups in total. The molecule has 2 aromatic rings. The zero-order chi connectivity index (χ0) is 11.7. The second-order valence-electron chi connectivity index (χ2n) is 3.31. The van der Waals surface area contributed by atoms with Gasteiger partial charge < -0.3 is 4.42 Å². The molecule has 16 heavy (non-hydrogen) atoms. The summed E-state index contributed by atoms with van der Waals surface area (Å²) in [5.41, 5.74) is 0.546. The number of carbonyl (C=O) groups excluding carboxylic acids is 2. The van der Waals surface area contributed by atoms with Crippen LogP contribution >= 0.6 is 11.3 Å². The van der Waals surface area contributed by atoms with Crippen molar-refractivity contribution in [3.63, 3.8) is 0 Å². The lowest BCUT2D eigenvalue weighted by Crippen LogP contribution is -1.95. The Hall–Kier alpha value is -1.75. The van der Waals surface area contributed by atoms with Gasteiger partial charge in [-0.05, 0) is 13.0 Å². The van der Waals surface area contributed by atoms with Crippen molar-refractivity contribution < 1.29 is 14.0 Å². The molecule has 0 amide bonds. The minimum atomic E-state index is -0.234. The first kappa shape index (κ1) is 10.8. The van der Waals surface area contributed by atoms with Crippen molar-refractivity contribution in [2.45, 2.75) is 13.8 Å². The molecule has 0 radical (unpaired) electrons. The van der Waals surface area contributed by atoms with Gasteiger partial charge in [0.1, 0.15) is 0 Å². The smallest absolute Gasteiger partial charge is 0.239 e. The van der Waals surface area contributed by atoms with Crippen LogP contribution in [0.4, 0.5) is 0 Å². The van der Waals surface area contributed by atoms with Gasteiger partial charge in [0.25, 0.3) is 0 Å². The van der Waals surface area contributed by atoms with Gasteiger partial charge in [0.05, 0.1) is 11.1 Å². The van der Waals surface area contributed by atoms with E-state index < -0.39 is 0 Å². The summed E-state index contributed by atoms with van der Waals surface area (Å²) in [6.45, 7) is 3.48. The summed E-state index contributed by atoms with van der Waals surface area (Å²) in [7, 11) is 0. The summed E-state index contributed by atoms with van der Waals surface area (Å²) in [5, 5.41) is 0. The third-order valence-corrected chi connectivity index (χ3v) is 3.22. The molecule has 82 valence electrons. The molecule has 2 heterocycles. The van der Waals surface area contributed by atoms with Gasteiger partial charge >= 0.3 is 0 Å². The van der Waals surface area contributed by atoms with Crippen LogP contribution in [-0.4, -0.2) is 17.1 Å². The Kier molecular flexibility index (Phi) is 2.70. The fraction of sp³-hybridized carbons (Fsp3) is 0.182. The molecule has 0 saturated heterocycles. The van der Waals surface area contributed by atoms with Gasteiger partial charge in [-0.3, -0.25) is 9.59 Å². The fourth-order valence-corrected chi connectivity index (χ4v) is 2.25. The van der Waals surface area contributed by atoms with Crippen LogP contribution in [0.2, 0.25) is 0 Å². The van der Waals surface area contributed by atoms with Crippen LogP contribution < -0.4 is 0 Å². The van der Waals surface area contributed by atoms with Gasteiger partial charge in [-0.2, -0.15) is 0 Å². The standard InChI is InChI=1S/C11H9NO3S/c1-6-8(5-13)3-10(16-6)11(14)9-4-12-7(2)15-9/h3-5H,1-2H3. The van der Waals surface area contributed by atoms with Gasteiger partial charge in [0, 0.05) is 17.4 Å². The summed E-state index contributed by atoms with van der Waals surface area (Å²) < 4.78 is 5.14.